The predicted molar refractivity (Wildman–Crippen MR) is 79.5 cm³/mol. The van der Waals surface area contributed by atoms with E-state index in [0.717, 1.165) is 45.4 Å². The zero-order chi connectivity index (χ0) is 15.2. The molecule has 6 heteroatoms. The standard InChI is InChI=1S/C14H29N3O3/c1-13(2)14(19)20-11-8-16-7-5-10-17(12-18)9-4-6-15-3/h12-13,15-16H,4-11H2,1-3H3. The van der Waals surface area contributed by atoms with Crippen molar-refractivity contribution in [2.24, 2.45) is 5.92 Å². The summed E-state index contributed by atoms with van der Waals surface area (Å²) < 4.78 is 5.04. The van der Waals surface area contributed by atoms with E-state index in [-0.39, 0.29) is 11.9 Å². The average molecular weight is 287 g/mol. The van der Waals surface area contributed by atoms with Gasteiger partial charge >= 0.3 is 5.97 Å². The fourth-order valence-electron chi connectivity index (χ4n) is 1.60. The summed E-state index contributed by atoms with van der Waals surface area (Å²) >= 11 is 0. The number of carbonyl (C=O) groups excluding carboxylic acids is 2. The molecule has 0 heterocycles. The number of nitrogens with zero attached hydrogens (tertiary/aromatic N) is 1. The van der Waals surface area contributed by atoms with Crippen LogP contribution in [0.3, 0.4) is 0 Å². The number of amides is 1. The summed E-state index contributed by atoms with van der Waals surface area (Å²) in [4.78, 5) is 23.8. The van der Waals surface area contributed by atoms with Gasteiger partial charge in [-0.25, -0.2) is 0 Å². The minimum Gasteiger partial charge on any atom is -0.464 e. The van der Waals surface area contributed by atoms with Crippen LogP contribution in [0.25, 0.3) is 0 Å². The summed E-state index contributed by atoms with van der Waals surface area (Å²) in [6.45, 7) is 7.97. The third-order valence-corrected chi connectivity index (χ3v) is 2.81. The van der Waals surface area contributed by atoms with Crippen molar-refractivity contribution in [3.63, 3.8) is 0 Å². The molecule has 0 unspecified atom stereocenters. The van der Waals surface area contributed by atoms with Crippen molar-refractivity contribution in [1.82, 2.24) is 15.5 Å². The van der Waals surface area contributed by atoms with Gasteiger partial charge in [0.05, 0.1) is 5.92 Å². The lowest BCUT2D eigenvalue weighted by Gasteiger charge is -2.17. The van der Waals surface area contributed by atoms with Crippen LogP contribution in [0.1, 0.15) is 26.7 Å². The minimum atomic E-state index is -0.163. The summed E-state index contributed by atoms with van der Waals surface area (Å²) in [6, 6.07) is 0. The molecule has 1 amide bonds. The van der Waals surface area contributed by atoms with Crippen molar-refractivity contribution in [1.29, 1.82) is 0 Å². The van der Waals surface area contributed by atoms with E-state index in [1.807, 2.05) is 20.9 Å². The Bertz CT molecular complexity index is 260. The highest BCUT2D eigenvalue weighted by Gasteiger charge is 2.07. The molecular weight excluding hydrogens is 258 g/mol. The molecule has 0 aliphatic rings. The number of hydrogen-bond acceptors (Lipinski definition) is 5. The van der Waals surface area contributed by atoms with Crippen molar-refractivity contribution < 1.29 is 14.3 Å². The Labute approximate surface area is 122 Å². The predicted octanol–water partition coefficient (Wildman–Crippen LogP) is 0.233. The first-order chi connectivity index (χ1) is 9.61. The van der Waals surface area contributed by atoms with Crippen LogP contribution in [0, 0.1) is 5.92 Å². The first kappa shape index (κ1) is 18.9. The van der Waals surface area contributed by atoms with Gasteiger partial charge in [0.1, 0.15) is 6.61 Å². The second kappa shape index (κ2) is 12.9. The van der Waals surface area contributed by atoms with E-state index in [9.17, 15) is 9.59 Å². The monoisotopic (exact) mass is 287 g/mol. The van der Waals surface area contributed by atoms with E-state index in [1.54, 1.807) is 4.90 Å². The molecule has 0 aromatic carbocycles. The van der Waals surface area contributed by atoms with E-state index < -0.39 is 0 Å². The smallest absolute Gasteiger partial charge is 0.308 e. The molecule has 0 fully saturated rings. The molecule has 0 saturated heterocycles. The van der Waals surface area contributed by atoms with E-state index in [2.05, 4.69) is 10.6 Å². The Hall–Kier alpha value is -1.14. The van der Waals surface area contributed by atoms with Crippen molar-refractivity contribution in [2.75, 3.05) is 46.4 Å². The Morgan fingerprint density at radius 1 is 1.20 bits per heavy atom. The number of hydrogen-bond donors (Lipinski definition) is 2. The van der Waals surface area contributed by atoms with E-state index in [1.165, 1.54) is 0 Å². The largest absolute Gasteiger partial charge is 0.464 e. The van der Waals surface area contributed by atoms with E-state index in [4.69, 9.17) is 4.74 Å². The van der Waals surface area contributed by atoms with Crippen LogP contribution < -0.4 is 10.6 Å². The van der Waals surface area contributed by atoms with Gasteiger partial charge < -0.3 is 20.3 Å². The van der Waals surface area contributed by atoms with Gasteiger partial charge in [-0.1, -0.05) is 13.8 Å². The maximum atomic E-state index is 11.2. The Balaban J connectivity index is 3.41. The van der Waals surface area contributed by atoms with Gasteiger partial charge in [-0.05, 0) is 33.0 Å². The molecule has 0 aromatic rings. The van der Waals surface area contributed by atoms with Crippen LogP contribution in [-0.4, -0.2) is 63.7 Å². The van der Waals surface area contributed by atoms with Crippen LogP contribution in [0.15, 0.2) is 0 Å². The van der Waals surface area contributed by atoms with Crippen molar-refractivity contribution in [3.8, 4) is 0 Å². The lowest BCUT2D eigenvalue weighted by molar-refractivity contribution is -0.147. The van der Waals surface area contributed by atoms with Crippen LogP contribution in [0.2, 0.25) is 0 Å². The molecule has 0 saturated carbocycles. The van der Waals surface area contributed by atoms with E-state index >= 15 is 0 Å². The molecule has 0 bridgehead atoms. The number of carbonyl (C=O) groups is 2. The highest BCUT2D eigenvalue weighted by atomic mass is 16.5. The molecule has 0 spiro atoms. The van der Waals surface area contributed by atoms with Gasteiger partial charge in [0.2, 0.25) is 6.41 Å². The Morgan fingerprint density at radius 2 is 1.85 bits per heavy atom. The van der Waals surface area contributed by atoms with Gasteiger partial charge in [-0.3, -0.25) is 9.59 Å². The van der Waals surface area contributed by atoms with Crippen molar-refractivity contribution in [3.05, 3.63) is 0 Å². The molecule has 0 aliphatic carbocycles. The quantitative estimate of drug-likeness (QED) is 0.288. The molecule has 20 heavy (non-hydrogen) atoms. The maximum Gasteiger partial charge on any atom is 0.308 e. The molecule has 2 N–H and O–H groups in total. The topological polar surface area (TPSA) is 70.7 Å². The van der Waals surface area contributed by atoms with Gasteiger partial charge in [0.25, 0.3) is 0 Å². The molecule has 0 radical (unpaired) electrons. The summed E-state index contributed by atoms with van der Waals surface area (Å²) in [5, 5.41) is 6.25. The first-order valence-corrected chi connectivity index (χ1v) is 7.33. The summed E-state index contributed by atoms with van der Waals surface area (Å²) in [6.07, 6.45) is 2.77. The van der Waals surface area contributed by atoms with Gasteiger partial charge in [0, 0.05) is 19.6 Å². The average Bonchev–Trinajstić information content (AvgIpc) is 2.44. The number of esters is 1. The van der Waals surface area contributed by atoms with Gasteiger partial charge in [-0.2, -0.15) is 0 Å². The zero-order valence-electron chi connectivity index (χ0n) is 13.0. The van der Waals surface area contributed by atoms with Gasteiger partial charge in [-0.15, -0.1) is 0 Å². The zero-order valence-corrected chi connectivity index (χ0v) is 13.0. The van der Waals surface area contributed by atoms with Gasteiger partial charge in [0.15, 0.2) is 0 Å². The second-order valence-electron chi connectivity index (χ2n) is 5.02. The Kier molecular flexibility index (Phi) is 12.1. The number of rotatable bonds is 13. The first-order valence-electron chi connectivity index (χ1n) is 7.33. The SMILES string of the molecule is CNCCCN(C=O)CCCNCCOC(=O)C(C)C. The third-order valence-electron chi connectivity index (χ3n) is 2.81. The summed E-state index contributed by atoms with van der Waals surface area (Å²) in [5.74, 6) is -0.239. The lowest BCUT2D eigenvalue weighted by atomic mass is 10.2. The molecular formula is C14H29N3O3. The van der Waals surface area contributed by atoms with Crippen LogP contribution in [0.4, 0.5) is 0 Å². The fraction of sp³-hybridized carbons (Fsp3) is 0.857. The van der Waals surface area contributed by atoms with Crippen LogP contribution in [0.5, 0.6) is 0 Å². The third kappa shape index (κ3) is 10.8. The van der Waals surface area contributed by atoms with Crippen molar-refractivity contribution in [2.45, 2.75) is 26.7 Å². The van der Waals surface area contributed by atoms with E-state index in [0.29, 0.717) is 13.2 Å². The highest BCUT2D eigenvalue weighted by Crippen LogP contribution is 1.94. The molecule has 118 valence electrons. The molecule has 6 nitrogen and oxygen atoms in total. The second-order valence-corrected chi connectivity index (χ2v) is 5.02. The van der Waals surface area contributed by atoms with Crippen LogP contribution in [-0.2, 0) is 14.3 Å². The minimum absolute atomic E-state index is 0.0752. The molecule has 0 aliphatic heterocycles. The normalized spacial score (nSPS) is 10.6. The summed E-state index contributed by atoms with van der Waals surface area (Å²) in [7, 11) is 1.90. The molecule has 0 atom stereocenters. The van der Waals surface area contributed by atoms with Crippen molar-refractivity contribution >= 4 is 12.4 Å². The number of nitrogens with one attached hydrogen (secondary N) is 2. The molecule has 0 aromatic heterocycles. The van der Waals surface area contributed by atoms with Crippen LogP contribution >= 0.6 is 0 Å². The fourth-order valence-corrected chi connectivity index (χ4v) is 1.60. The lowest BCUT2D eigenvalue weighted by Crippen LogP contribution is -2.30. The molecule has 0 rings (SSSR count). The Morgan fingerprint density at radius 3 is 2.40 bits per heavy atom. The number of ether oxygens (including phenoxy) is 1. The summed E-state index contributed by atoms with van der Waals surface area (Å²) in [5.41, 5.74) is 0. The maximum absolute atomic E-state index is 11.2. The highest BCUT2D eigenvalue weighted by molar-refractivity contribution is 5.71.